The van der Waals surface area contributed by atoms with Crippen LogP contribution in [0.2, 0.25) is 0 Å². The normalized spacial score (nSPS) is 10.7. The Morgan fingerprint density at radius 2 is 0.588 bits per heavy atom. The number of aromatic hydroxyl groups is 1. The topological polar surface area (TPSA) is 82.1 Å². The summed E-state index contributed by atoms with van der Waals surface area (Å²) in [4.78, 5) is 25.8. The molecule has 0 saturated heterocycles. The van der Waals surface area contributed by atoms with Crippen molar-refractivity contribution < 1.29 is 28.9 Å². The van der Waals surface area contributed by atoms with E-state index in [1.807, 2.05) is 79.7 Å². The van der Waals surface area contributed by atoms with Gasteiger partial charge < -0.3 is 19.3 Å². The van der Waals surface area contributed by atoms with Crippen molar-refractivity contribution in [2.45, 2.75) is 6.92 Å². The van der Waals surface area contributed by atoms with Crippen LogP contribution in [0.4, 0.5) is 0 Å². The Bertz CT molecular complexity index is 2260. The first-order valence-corrected chi connectivity index (χ1v) is 16.4. The minimum absolute atomic E-state index is 0.0828. The number of hydrogen-bond acceptors (Lipinski definition) is 6. The number of carbonyl (C=O) groups is 2. The van der Waals surface area contributed by atoms with Crippen LogP contribution in [0.1, 0.15) is 37.4 Å². The highest BCUT2D eigenvalue weighted by molar-refractivity contribution is 6.09. The van der Waals surface area contributed by atoms with Crippen LogP contribution in [-0.4, -0.2) is 16.7 Å². The third-order valence-electron chi connectivity index (χ3n) is 8.25. The second-order valence-electron chi connectivity index (χ2n) is 11.9. The minimum Gasteiger partial charge on any atom is -0.508 e. The first-order valence-electron chi connectivity index (χ1n) is 16.4. The Hall–Kier alpha value is -6.92. The second kappa shape index (κ2) is 14.7. The summed E-state index contributed by atoms with van der Waals surface area (Å²) < 4.78 is 17.9. The molecular formula is C45H32O6. The van der Waals surface area contributed by atoms with Gasteiger partial charge in [0.1, 0.15) is 40.2 Å². The molecular weight excluding hydrogens is 636 g/mol. The van der Waals surface area contributed by atoms with Gasteiger partial charge in [0.05, 0.1) is 0 Å². The molecule has 7 rings (SSSR count). The largest absolute Gasteiger partial charge is 0.508 e. The molecule has 0 aliphatic heterocycles. The van der Waals surface area contributed by atoms with E-state index in [0.717, 1.165) is 22.4 Å². The fourth-order valence-corrected chi connectivity index (χ4v) is 5.41. The lowest BCUT2D eigenvalue weighted by Gasteiger charge is -2.10. The third kappa shape index (κ3) is 8.04. The summed E-state index contributed by atoms with van der Waals surface area (Å²) in [5, 5.41) is 9.46. The summed E-state index contributed by atoms with van der Waals surface area (Å²) in [6, 6.07) is 50.7. The second-order valence-corrected chi connectivity index (χ2v) is 11.9. The van der Waals surface area contributed by atoms with E-state index in [2.05, 4.69) is 0 Å². The Labute approximate surface area is 295 Å². The highest BCUT2D eigenvalue weighted by Crippen LogP contribution is 2.30. The molecule has 0 heterocycles. The van der Waals surface area contributed by atoms with E-state index in [4.69, 9.17) is 14.2 Å². The molecule has 248 valence electrons. The van der Waals surface area contributed by atoms with Gasteiger partial charge in [-0.25, -0.2) is 0 Å². The van der Waals surface area contributed by atoms with Gasteiger partial charge in [0.2, 0.25) is 0 Å². The van der Waals surface area contributed by atoms with Gasteiger partial charge in [-0.3, -0.25) is 9.59 Å². The van der Waals surface area contributed by atoms with E-state index in [9.17, 15) is 14.7 Å². The molecule has 0 amide bonds. The first-order chi connectivity index (χ1) is 24.9. The molecule has 0 aromatic heterocycles. The molecule has 0 unspecified atom stereocenters. The predicted octanol–water partition coefficient (Wildman–Crippen LogP) is 11.2. The summed E-state index contributed by atoms with van der Waals surface area (Å²) in [5.74, 6) is 3.90. The van der Waals surface area contributed by atoms with Crippen LogP contribution in [0.15, 0.2) is 170 Å². The Kier molecular flexibility index (Phi) is 9.39. The van der Waals surface area contributed by atoms with Gasteiger partial charge in [0, 0.05) is 22.3 Å². The predicted molar refractivity (Wildman–Crippen MR) is 198 cm³/mol. The maximum atomic E-state index is 13.1. The van der Waals surface area contributed by atoms with Crippen LogP contribution in [0.3, 0.4) is 0 Å². The van der Waals surface area contributed by atoms with E-state index in [1.54, 1.807) is 84.9 Å². The molecule has 7 aromatic carbocycles. The summed E-state index contributed by atoms with van der Waals surface area (Å²) in [6.45, 7) is 2.03. The summed E-state index contributed by atoms with van der Waals surface area (Å²) in [7, 11) is 0. The molecule has 51 heavy (non-hydrogen) atoms. The number of ketones is 2. The lowest BCUT2D eigenvalue weighted by atomic mass is 10.0. The number of phenols is 1. The van der Waals surface area contributed by atoms with Crippen molar-refractivity contribution in [3.05, 3.63) is 198 Å². The van der Waals surface area contributed by atoms with Crippen LogP contribution in [0.25, 0.3) is 11.1 Å². The average molecular weight is 669 g/mol. The molecule has 0 bridgehead atoms. The molecule has 7 aromatic rings. The van der Waals surface area contributed by atoms with Gasteiger partial charge in [0.25, 0.3) is 0 Å². The quantitative estimate of drug-likeness (QED) is 0.138. The highest BCUT2D eigenvalue weighted by Gasteiger charge is 2.12. The highest BCUT2D eigenvalue weighted by atomic mass is 16.5. The van der Waals surface area contributed by atoms with Crippen LogP contribution in [0.5, 0.6) is 40.2 Å². The SMILES string of the molecule is Cc1ccc(Oc2ccc(C(=O)c3ccc(Oc4ccc(-c5ccc(Oc6ccc(C(=O)c7ccc(O)cc7)cc6)cc5)cc4)cc3)cc2)cc1. The molecule has 1 N–H and O–H groups in total. The van der Waals surface area contributed by atoms with Crippen LogP contribution in [0, 0.1) is 6.92 Å². The minimum atomic E-state index is -0.129. The van der Waals surface area contributed by atoms with Crippen LogP contribution < -0.4 is 14.2 Å². The Morgan fingerprint density at radius 1 is 0.353 bits per heavy atom. The van der Waals surface area contributed by atoms with Crippen molar-refractivity contribution in [1.29, 1.82) is 0 Å². The van der Waals surface area contributed by atoms with Gasteiger partial charge in [-0.1, -0.05) is 42.0 Å². The van der Waals surface area contributed by atoms with Crippen LogP contribution >= 0.6 is 0 Å². The molecule has 6 heteroatoms. The molecule has 6 nitrogen and oxygen atoms in total. The zero-order chi connectivity index (χ0) is 35.2. The lowest BCUT2D eigenvalue weighted by Crippen LogP contribution is -2.01. The molecule has 0 atom stereocenters. The van der Waals surface area contributed by atoms with Gasteiger partial charge in [0.15, 0.2) is 11.6 Å². The fourth-order valence-electron chi connectivity index (χ4n) is 5.41. The van der Waals surface area contributed by atoms with Gasteiger partial charge >= 0.3 is 0 Å². The Morgan fingerprint density at radius 3 is 0.882 bits per heavy atom. The summed E-state index contributed by atoms with van der Waals surface area (Å²) in [5.41, 5.74) is 5.37. The first kappa shape index (κ1) is 32.6. The summed E-state index contributed by atoms with van der Waals surface area (Å²) in [6.07, 6.45) is 0. The van der Waals surface area contributed by atoms with E-state index in [-0.39, 0.29) is 17.3 Å². The van der Waals surface area contributed by atoms with Crippen molar-refractivity contribution in [2.24, 2.45) is 0 Å². The molecule has 0 aliphatic carbocycles. The number of rotatable bonds is 11. The monoisotopic (exact) mass is 668 g/mol. The molecule has 0 radical (unpaired) electrons. The molecule has 0 saturated carbocycles. The van der Waals surface area contributed by atoms with Crippen molar-refractivity contribution in [1.82, 2.24) is 0 Å². The molecule has 0 aliphatic rings. The lowest BCUT2D eigenvalue weighted by molar-refractivity contribution is 0.103. The number of phenolic OH excluding ortho intramolecular Hbond substituents is 1. The number of hydrogen-bond donors (Lipinski definition) is 1. The number of aryl methyl sites for hydroxylation is 1. The van der Waals surface area contributed by atoms with Gasteiger partial charge in [-0.15, -0.1) is 0 Å². The fraction of sp³-hybridized carbons (Fsp3) is 0.0222. The Balaban J connectivity index is 0.920. The summed E-state index contributed by atoms with van der Waals surface area (Å²) >= 11 is 0. The van der Waals surface area contributed by atoms with E-state index < -0.39 is 0 Å². The number of ether oxygens (including phenoxy) is 3. The standard InChI is InChI=1S/C45H32O6/c1-30-2-18-38(19-3-30)49-41-24-12-35(13-25-41)45(48)36-14-28-43(29-15-36)51-40-22-8-32(9-23-40)31-6-20-39(21-7-31)50-42-26-10-34(11-27-42)44(47)33-4-16-37(46)17-5-33/h2-29,46H,1H3. The zero-order valence-corrected chi connectivity index (χ0v) is 27.7. The van der Waals surface area contributed by atoms with E-state index >= 15 is 0 Å². The maximum absolute atomic E-state index is 13.1. The third-order valence-corrected chi connectivity index (χ3v) is 8.25. The van der Waals surface area contributed by atoms with Gasteiger partial charge in [-0.2, -0.15) is 0 Å². The molecule has 0 spiro atoms. The van der Waals surface area contributed by atoms with Gasteiger partial charge in [-0.05, 0) is 152 Å². The van der Waals surface area contributed by atoms with Crippen molar-refractivity contribution in [3.8, 4) is 51.4 Å². The van der Waals surface area contributed by atoms with Crippen molar-refractivity contribution in [3.63, 3.8) is 0 Å². The average Bonchev–Trinajstić information content (AvgIpc) is 3.17. The zero-order valence-electron chi connectivity index (χ0n) is 27.7. The van der Waals surface area contributed by atoms with E-state index in [0.29, 0.717) is 51.0 Å². The number of carbonyl (C=O) groups excluding carboxylic acids is 2. The molecule has 0 fully saturated rings. The van der Waals surface area contributed by atoms with E-state index in [1.165, 1.54) is 12.1 Å². The van der Waals surface area contributed by atoms with Crippen LogP contribution in [-0.2, 0) is 0 Å². The number of benzene rings is 7. The smallest absolute Gasteiger partial charge is 0.193 e. The maximum Gasteiger partial charge on any atom is 0.193 e. The van der Waals surface area contributed by atoms with Crippen molar-refractivity contribution >= 4 is 11.6 Å². The van der Waals surface area contributed by atoms with Crippen molar-refractivity contribution in [2.75, 3.05) is 0 Å².